The van der Waals surface area contributed by atoms with Crippen LogP contribution in [0.4, 0.5) is 4.79 Å². The summed E-state index contributed by atoms with van der Waals surface area (Å²) in [6.07, 6.45) is 1.66. The van der Waals surface area contributed by atoms with E-state index in [2.05, 4.69) is 35.9 Å². The third-order valence-corrected chi connectivity index (χ3v) is 4.50. The van der Waals surface area contributed by atoms with Crippen LogP contribution in [0.5, 0.6) is 0 Å². The second-order valence-corrected chi connectivity index (χ2v) is 9.38. The van der Waals surface area contributed by atoms with Crippen LogP contribution in [-0.2, 0) is 9.53 Å². The van der Waals surface area contributed by atoms with Gasteiger partial charge in [-0.1, -0.05) is 0 Å². The van der Waals surface area contributed by atoms with Gasteiger partial charge in [-0.05, 0) is 60.5 Å². The van der Waals surface area contributed by atoms with Gasteiger partial charge in [0.15, 0.2) is 11.9 Å². The van der Waals surface area contributed by atoms with Crippen molar-refractivity contribution in [3.8, 4) is 0 Å². The third-order valence-electron chi connectivity index (χ3n) is 4.50. The summed E-state index contributed by atoms with van der Waals surface area (Å²) in [7, 11) is 1.86. The molecular weight excluding hydrogens is 492 g/mol. The first-order valence-electron chi connectivity index (χ1n) is 12.7. The molecule has 11 N–H and O–H groups in total. The second-order valence-electron chi connectivity index (χ2n) is 9.38. The van der Waals surface area contributed by atoms with Gasteiger partial charge >= 0.3 is 6.09 Å². The fourth-order valence-corrected chi connectivity index (χ4v) is 2.90. The fourth-order valence-electron chi connectivity index (χ4n) is 2.90. The highest BCUT2D eigenvalue weighted by Crippen LogP contribution is 2.06. The average molecular weight is 541 g/mol. The lowest BCUT2D eigenvalue weighted by molar-refractivity contribution is -0.131. The first kappa shape index (κ1) is 34.4. The largest absolute Gasteiger partial charge is 0.444 e. The Bertz CT molecular complexity index is 830. The van der Waals surface area contributed by atoms with Crippen LogP contribution in [0.15, 0.2) is 20.0 Å². The van der Waals surface area contributed by atoms with Crippen LogP contribution in [0.2, 0.25) is 0 Å². The Kier molecular flexibility index (Phi) is 17.6. The van der Waals surface area contributed by atoms with E-state index in [1.54, 1.807) is 32.6 Å². The van der Waals surface area contributed by atoms with Crippen LogP contribution < -0.4 is 38.9 Å². The molecule has 0 aliphatic rings. The monoisotopic (exact) mass is 540 g/mol. The summed E-state index contributed by atoms with van der Waals surface area (Å²) in [6.45, 7) is 10.3. The molecule has 0 aromatic rings. The number of amidine groups is 1. The Morgan fingerprint density at radius 2 is 1.45 bits per heavy atom. The SMILES string of the molecule is CNCCCN(CCCN=C(N)NC(N)=NCCCN=C(N)/N=C(/C)N)C(=O)CCNC(=O)OC(C)(C)C. The molecule has 15 heteroatoms. The minimum absolute atomic E-state index is 0.0559. The maximum Gasteiger partial charge on any atom is 0.407 e. The molecule has 0 fully saturated rings. The number of hydrogen-bond donors (Lipinski definition) is 7. The number of guanidine groups is 3. The molecule has 0 aromatic heterocycles. The maximum atomic E-state index is 12.7. The molecule has 0 bridgehead atoms. The number of alkyl carbamates (subject to hydrolysis) is 1. The van der Waals surface area contributed by atoms with Gasteiger partial charge in [0.05, 0.1) is 5.84 Å². The minimum atomic E-state index is -0.592. The van der Waals surface area contributed by atoms with Gasteiger partial charge in [0.25, 0.3) is 0 Å². The number of nitrogens with zero attached hydrogens (tertiary/aromatic N) is 5. The average Bonchev–Trinajstić information content (AvgIpc) is 2.78. The molecule has 218 valence electrons. The number of carbonyl (C=O) groups is 2. The molecule has 0 aliphatic heterocycles. The number of hydrogen-bond acceptors (Lipinski definition) is 7. The predicted molar refractivity (Wildman–Crippen MR) is 153 cm³/mol. The fraction of sp³-hybridized carbons (Fsp3) is 0.739. The molecule has 0 unspecified atom stereocenters. The van der Waals surface area contributed by atoms with Crippen molar-refractivity contribution in [2.45, 2.75) is 59.0 Å². The van der Waals surface area contributed by atoms with E-state index in [0.717, 1.165) is 13.0 Å². The Morgan fingerprint density at radius 3 is 2.03 bits per heavy atom. The van der Waals surface area contributed by atoms with Crippen LogP contribution in [0.25, 0.3) is 0 Å². The van der Waals surface area contributed by atoms with Gasteiger partial charge < -0.3 is 43.2 Å². The van der Waals surface area contributed by atoms with E-state index in [0.29, 0.717) is 51.4 Å². The molecule has 0 radical (unpaired) electrons. The standard InChI is InChI=1S/C23H48N12O3/c1-17(24)33-19(25)29-11-6-12-30-20(26)34-21(27)31-13-8-16-35(15-7-10-28-5)18(36)9-14-32-22(37)38-23(2,3)4/h28H,6-16H2,1-5H3,(H,32,37)(H4,24,25,29,33)(H5,26,27,30,31,34). The van der Waals surface area contributed by atoms with Gasteiger partial charge in [-0.2, -0.15) is 0 Å². The van der Waals surface area contributed by atoms with E-state index in [9.17, 15) is 9.59 Å². The topological polar surface area (TPSA) is 236 Å². The quantitative estimate of drug-likeness (QED) is 0.0767. The number of rotatable bonds is 15. The normalized spacial score (nSPS) is 13.3. The van der Waals surface area contributed by atoms with Crippen molar-refractivity contribution < 1.29 is 14.3 Å². The van der Waals surface area contributed by atoms with Crippen LogP contribution >= 0.6 is 0 Å². The van der Waals surface area contributed by atoms with Crippen LogP contribution in [0.3, 0.4) is 0 Å². The first-order valence-corrected chi connectivity index (χ1v) is 12.7. The highest BCUT2D eigenvalue weighted by Gasteiger charge is 2.17. The molecule has 0 heterocycles. The summed E-state index contributed by atoms with van der Waals surface area (Å²) in [5.74, 6) is 0.681. The van der Waals surface area contributed by atoms with E-state index < -0.39 is 11.7 Å². The van der Waals surface area contributed by atoms with E-state index in [1.165, 1.54) is 0 Å². The molecule has 0 rings (SSSR count). The van der Waals surface area contributed by atoms with Crippen molar-refractivity contribution in [1.29, 1.82) is 0 Å². The molecule has 0 aliphatic carbocycles. The van der Waals surface area contributed by atoms with Crippen molar-refractivity contribution in [1.82, 2.24) is 20.9 Å². The van der Waals surface area contributed by atoms with Gasteiger partial charge in [-0.25, -0.2) is 9.79 Å². The Labute approximate surface area is 226 Å². The zero-order valence-electron chi connectivity index (χ0n) is 23.5. The number of amides is 2. The second kappa shape index (κ2) is 19.5. The van der Waals surface area contributed by atoms with E-state index in [-0.39, 0.29) is 36.8 Å². The molecule has 38 heavy (non-hydrogen) atoms. The molecule has 2 amide bonds. The molecule has 0 saturated carbocycles. The predicted octanol–water partition coefficient (Wildman–Crippen LogP) is -0.970. The smallest absolute Gasteiger partial charge is 0.407 e. The number of nitrogens with two attached hydrogens (primary N) is 4. The zero-order chi connectivity index (χ0) is 29.0. The van der Waals surface area contributed by atoms with Crippen LogP contribution in [0, 0.1) is 0 Å². The van der Waals surface area contributed by atoms with Crippen molar-refractivity contribution in [3.05, 3.63) is 0 Å². The zero-order valence-corrected chi connectivity index (χ0v) is 23.5. The Morgan fingerprint density at radius 1 is 0.868 bits per heavy atom. The number of ether oxygens (including phenoxy) is 1. The summed E-state index contributed by atoms with van der Waals surface area (Å²) >= 11 is 0. The summed E-state index contributed by atoms with van der Waals surface area (Å²) in [6, 6.07) is 0. The first-order chi connectivity index (χ1) is 17.8. The molecule has 0 aromatic carbocycles. The minimum Gasteiger partial charge on any atom is -0.444 e. The van der Waals surface area contributed by atoms with E-state index >= 15 is 0 Å². The van der Waals surface area contributed by atoms with Gasteiger partial charge in [0.2, 0.25) is 11.9 Å². The van der Waals surface area contributed by atoms with Gasteiger partial charge in [0.1, 0.15) is 5.60 Å². The number of nitrogens with one attached hydrogen (secondary N) is 3. The summed E-state index contributed by atoms with van der Waals surface area (Å²) in [4.78, 5) is 42.5. The van der Waals surface area contributed by atoms with E-state index in [4.69, 9.17) is 27.7 Å². The number of aliphatic imine (C=N–C) groups is 4. The molecule has 0 saturated heterocycles. The molecule has 0 spiro atoms. The molecule has 0 atom stereocenters. The lowest BCUT2D eigenvalue weighted by Gasteiger charge is -2.23. The summed E-state index contributed by atoms with van der Waals surface area (Å²) < 4.78 is 5.19. The Balaban J connectivity index is 4.52. The van der Waals surface area contributed by atoms with Crippen molar-refractivity contribution in [2.75, 3.05) is 52.9 Å². The lowest BCUT2D eigenvalue weighted by Crippen LogP contribution is -2.42. The highest BCUT2D eigenvalue weighted by atomic mass is 16.6. The van der Waals surface area contributed by atoms with Gasteiger partial charge in [-0.15, -0.1) is 0 Å². The van der Waals surface area contributed by atoms with Crippen molar-refractivity contribution >= 4 is 35.7 Å². The lowest BCUT2D eigenvalue weighted by atomic mass is 10.2. The van der Waals surface area contributed by atoms with E-state index in [1.807, 2.05) is 7.05 Å². The Hall–Kier alpha value is -3.62. The van der Waals surface area contributed by atoms with Gasteiger partial charge in [0, 0.05) is 45.7 Å². The van der Waals surface area contributed by atoms with Crippen molar-refractivity contribution in [3.63, 3.8) is 0 Å². The summed E-state index contributed by atoms with van der Waals surface area (Å²) in [5.41, 5.74) is 22.1. The maximum absolute atomic E-state index is 12.7. The molecule has 15 nitrogen and oxygen atoms in total. The summed E-state index contributed by atoms with van der Waals surface area (Å²) in [5, 5.41) is 8.41. The van der Waals surface area contributed by atoms with Crippen LogP contribution in [0.1, 0.15) is 53.4 Å². The van der Waals surface area contributed by atoms with Crippen LogP contribution in [-0.4, -0.2) is 99.1 Å². The number of carbonyl (C=O) groups excluding carboxylic acids is 2. The highest BCUT2D eigenvalue weighted by molar-refractivity contribution is 5.97. The molecular formula is C23H48N12O3. The van der Waals surface area contributed by atoms with Crippen molar-refractivity contribution in [2.24, 2.45) is 42.9 Å². The third kappa shape index (κ3) is 20.6. The van der Waals surface area contributed by atoms with Gasteiger partial charge in [-0.3, -0.25) is 25.1 Å².